The Morgan fingerprint density at radius 1 is 0.909 bits per heavy atom. The Bertz CT molecular complexity index is 1000. The Hall–Kier alpha value is -2.11. The van der Waals surface area contributed by atoms with Crippen molar-refractivity contribution in [1.82, 2.24) is 13.9 Å². The maximum atomic E-state index is 15.2. The van der Waals surface area contributed by atoms with Crippen LogP contribution in [0.1, 0.15) is 12.1 Å². The molecule has 0 amide bonds. The number of alkyl halides is 1. The molecule has 8 atom stereocenters. The summed E-state index contributed by atoms with van der Waals surface area (Å²) in [6, 6.07) is 8.45. The van der Waals surface area contributed by atoms with Crippen LogP contribution in [0.4, 0.5) is 4.39 Å². The summed E-state index contributed by atoms with van der Waals surface area (Å²) in [5.41, 5.74) is -1.32. The maximum absolute atomic E-state index is 15.2. The van der Waals surface area contributed by atoms with Gasteiger partial charge < -0.3 is 0 Å². The molecular formula is C16H12FN3O2. The highest BCUT2D eigenvalue weighted by Gasteiger charge is 2.98. The van der Waals surface area contributed by atoms with Crippen molar-refractivity contribution in [2.45, 2.75) is 17.8 Å². The highest BCUT2D eigenvalue weighted by Crippen LogP contribution is 2.94. The molecule has 4 aliphatic carbocycles. The Morgan fingerprint density at radius 2 is 1.64 bits per heavy atom. The van der Waals surface area contributed by atoms with E-state index in [1.54, 1.807) is 28.9 Å². The number of halogens is 1. The first-order valence-electron chi connectivity index (χ1n) is 7.88. The summed E-state index contributed by atoms with van der Waals surface area (Å²) in [5, 5.41) is 0. The molecule has 1 aromatic heterocycles. The third kappa shape index (κ3) is 0.661. The van der Waals surface area contributed by atoms with Gasteiger partial charge in [0.1, 0.15) is 5.67 Å². The van der Waals surface area contributed by atoms with Crippen LogP contribution in [0.3, 0.4) is 0 Å². The number of hydrogen-bond donors (Lipinski definition) is 0. The molecule has 2 aromatic rings. The number of rotatable bonds is 1. The van der Waals surface area contributed by atoms with Gasteiger partial charge in [-0.25, -0.2) is 27.9 Å². The fraction of sp³-hybridized carbons (Fsp3) is 0.500. The standard InChI is InChI=1S/C16H12FN3O2/c17-16-10-8-7-9(10)13(16)20-15(22)18(6-4-2-1-3-5-6)14(21)19(20)12(7)11(8)16/h1-5,7-13H/t7-,8-,9-,10-,11+,12+,13+,16-/m1/s1. The second-order valence-corrected chi connectivity index (χ2v) is 7.47. The van der Waals surface area contributed by atoms with E-state index in [1.165, 1.54) is 9.25 Å². The van der Waals surface area contributed by atoms with Crippen LogP contribution in [-0.2, 0) is 0 Å². The van der Waals surface area contributed by atoms with Crippen LogP contribution in [-0.4, -0.2) is 19.6 Å². The van der Waals surface area contributed by atoms with E-state index in [-0.39, 0.29) is 29.3 Å². The Morgan fingerprint density at radius 3 is 2.36 bits per heavy atom. The second-order valence-electron chi connectivity index (χ2n) is 7.47. The molecule has 8 rings (SSSR count). The molecule has 2 aliphatic heterocycles. The molecular weight excluding hydrogens is 285 g/mol. The van der Waals surface area contributed by atoms with E-state index in [0.29, 0.717) is 23.4 Å². The predicted molar refractivity (Wildman–Crippen MR) is 73.7 cm³/mol. The Kier molecular flexibility index (Phi) is 1.27. The highest BCUT2D eigenvalue weighted by atomic mass is 19.1. The summed E-state index contributed by atoms with van der Waals surface area (Å²) in [4.78, 5) is 25.6. The van der Waals surface area contributed by atoms with Crippen molar-refractivity contribution in [3.8, 4) is 5.69 Å². The van der Waals surface area contributed by atoms with Crippen LogP contribution in [0.2, 0.25) is 0 Å². The molecule has 4 fully saturated rings. The van der Waals surface area contributed by atoms with Crippen LogP contribution in [0.25, 0.3) is 5.69 Å². The number of para-hydroxylation sites is 1. The lowest BCUT2D eigenvalue weighted by Crippen LogP contribution is -2.98. The molecule has 5 nitrogen and oxygen atoms in total. The second kappa shape index (κ2) is 2.64. The smallest absolute Gasteiger partial charge is 0.245 e. The lowest BCUT2D eigenvalue weighted by molar-refractivity contribution is -0.495. The normalized spacial score (nSPS) is 50.1. The first-order valence-corrected chi connectivity index (χ1v) is 7.88. The minimum Gasteiger partial charge on any atom is -0.245 e. The zero-order valence-electron chi connectivity index (χ0n) is 11.5. The van der Waals surface area contributed by atoms with Crippen LogP contribution in [0, 0.1) is 29.6 Å². The fourth-order valence-corrected chi connectivity index (χ4v) is 6.77. The highest BCUT2D eigenvalue weighted by molar-refractivity contribution is 5.45. The molecule has 0 radical (unpaired) electrons. The van der Waals surface area contributed by atoms with Gasteiger partial charge >= 0.3 is 11.4 Å². The van der Waals surface area contributed by atoms with Gasteiger partial charge in [-0.05, 0) is 29.9 Å². The molecule has 0 unspecified atom stereocenters. The summed E-state index contributed by atoms with van der Waals surface area (Å²) >= 11 is 0. The fourth-order valence-electron chi connectivity index (χ4n) is 6.77. The summed E-state index contributed by atoms with van der Waals surface area (Å²) in [6.07, 6.45) is 0. The zero-order valence-corrected chi connectivity index (χ0v) is 11.5. The average molecular weight is 297 g/mol. The van der Waals surface area contributed by atoms with Crippen molar-refractivity contribution in [2.75, 3.05) is 0 Å². The third-order valence-corrected chi connectivity index (χ3v) is 7.30. The Balaban J connectivity index is 1.57. The van der Waals surface area contributed by atoms with E-state index in [1.807, 2.05) is 6.07 Å². The molecule has 22 heavy (non-hydrogen) atoms. The minimum atomic E-state index is -1.20. The van der Waals surface area contributed by atoms with Gasteiger partial charge in [0.25, 0.3) is 0 Å². The summed E-state index contributed by atoms with van der Waals surface area (Å²) in [7, 11) is 0. The Labute approximate surface area is 123 Å². The molecule has 110 valence electrons. The SMILES string of the molecule is O=c1n(-c2ccccc2)c(=O)n2n1[C@H]1[C@@H]3[C@@H]4[C@@H]5[C@@H]3[C@H]2[C@]5(F)[C@@H]41. The molecule has 1 aromatic carbocycles. The molecule has 0 N–H and O–H groups in total. The largest absolute Gasteiger partial charge is 0.352 e. The molecule has 2 bridgehead atoms. The van der Waals surface area contributed by atoms with Gasteiger partial charge in [0.05, 0.1) is 17.8 Å². The van der Waals surface area contributed by atoms with Crippen LogP contribution in [0.5, 0.6) is 0 Å². The van der Waals surface area contributed by atoms with Crippen LogP contribution in [0.15, 0.2) is 39.9 Å². The predicted octanol–water partition coefficient (Wildman–Crippen LogP) is 0.740. The van der Waals surface area contributed by atoms with Crippen LogP contribution >= 0.6 is 0 Å². The number of benzene rings is 1. The van der Waals surface area contributed by atoms with Crippen molar-refractivity contribution < 1.29 is 4.39 Å². The van der Waals surface area contributed by atoms with Gasteiger partial charge in [-0.3, -0.25) is 0 Å². The van der Waals surface area contributed by atoms with Gasteiger partial charge in [-0.15, -0.1) is 0 Å². The van der Waals surface area contributed by atoms with Gasteiger partial charge in [-0.2, -0.15) is 0 Å². The van der Waals surface area contributed by atoms with Crippen molar-refractivity contribution >= 4 is 0 Å². The van der Waals surface area contributed by atoms with Gasteiger partial charge in [0.2, 0.25) is 0 Å². The number of hydrogen-bond acceptors (Lipinski definition) is 2. The van der Waals surface area contributed by atoms with Gasteiger partial charge in [0.15, 0.2) is 0 Å². The summed E-state index contributed by atoms with van der Waals surface area (Å²) in [5.74, 6) is 1.41. The van der Waals surface area contributed by atoms with E-state index in [2.05, 4.69) is 0 Å². The lowest BCUT2D eigenvalue weighted by atomic mass is 9.15. The molecule has 6 heteroatoms. The van der Waals surface area contributed by atoms with E-state index < -0.39 is 11.7 Å². The number of nitrogens with zero attached hydrogens (tertiary/aromatic N) is 3. The van der Waals surface area contributed by atoms with E-state index >= 15 is 4.39 Å². The van der Waals surface area contributed by atoms with E-state index in [0.717, 1.165) is 0 Å². The van der Waals surface area contributed by atoms with Crippen LogP contribution < -0.4 is 11.4 Å². The average Bonchev–Trinajstić information content (AvgIpc) is 2.72. The quantitative estimate of drug-likeness (QED) is 0.779. The molecule has 4 saturated carbocycles. The lowest BCUT2D eigenvalue weighted by Gasteiger charge is -2.93. The van der Waals surface area contributed by atoms with Gasteiger partial charge in [0, 0.05) is 11.8 Å². The van der Waals surface area contributed by atoms with Crippen molar-refractivity contribution in [3.05, 3.63) is 51.3 Å². The zero-order chi connectivity index (χ0) is 14.5. The topological polar surface area (TPSA) is 48.9 Å². The molecule has 3 heterocycles. The minimum absolute atomic E-state index is 0.0128. The summed E-state index contributed by atoms with van der Waals surface area (Å²) < 4.78 is 19.4. The van der Waals surface area contributed by atoms with Crippen molar-refractivity contribution in [3.63, 3.8) is 0 Å². The monoisotopic (exact) mass is 297 g/mol. The molecule has 6 aliphatic rings. The number of aromatic nitrogens is 3. The van der Waals surface area contributed by atoms with E-state index in [9.17, 15) is 9.59 Å². The van der Waals surface area contributed by atoms with Crippen molar-refractivity contribution in [2.24, 2.45) is 29.6 Å². The molecule has 0 spiro atoms. The maximum Gasteiger partial charge on any atom is 0.352 e. The first-order chi connectivity index (χ1) is 10.7. The van der Waals surface area contributed by atoms with Gasteiger partial charge in [-0.1, -0.05) is 18.2 Å². The van der Waals surface area contributed by atoms with Crippen molar-refractivity contribution in [1.29, 1.82) is 0 Å². The third-order valence-electron chi connectivity index (χ3n) is 7.30. The van der Waals surface area contributed by atoms with E-state index in [4.69, 9.17) is 0 Å². The summed E-state index contributed by atoms with van der Waals surface area (Å²) in [6.45, 7) is 0. The molecule has 0 saturated heterocycles. The first kappa shape index (κ1) is 10.6.